The van der Waals surface area contributed by atoms with Crippen LogP contribution in [0.3, 0.4) is 0 Å². The number of carbonyl (C=O) groups excluding carboxylic acids is 3. The van der Waals surface area contributed by atoms with E-state index in [1.165, 1.54) is 32.0 Å². The number of carbonyl (C=O) groups is 3. The van der Waals surface area contributed by atoms with Crippen LogP contribution in [0, 0.1) is 12.7 Å². The maximum absolute atomic E-state index is 13.1. The molecular formula is C25H23FN2O6S. The summed E-state index contributed by atoms with van der Waals surface area (Å²) in [5, 5.41) is 2.59. The second-order valence-electron chi connectivity index (χ2n) is 7.76. The largest absolute Gasteiger partial charge is 0.449 e. The number of anilines is 2. The van der Waals surface area contributed by atoms with E-state index in [9.17, 15) is 27.2 Å². The van der Waals surface area contributed by atoms with Gasteiger partial charge in [-0.05, 0) is 87.0 Å². The predicted octanol–water partition coefficient (Wildman–Crippen LogP) is 4.32. The molecule has 0 radical (unpaired) electrons. The molecule has 3 aromatic carbocycles. The third-order valence-corrected chi connectivity index (χ3v) is 6.43. The van der Waals surface area contributed by atoms with Gasteiger partial charge in [-0.25, -0.2) is 17.6 Å². The summed E-state index contributed by atoms with van der Waals surface area (Å²) in [5.74, 6) is -2.10. The Morgan fingerprint density at radius 3 is 2.11 bits per heavy atom. The van der Waals surface area contributed by atoms with E-state index >= 15 is 0 Å². The first-order valence-corrected chi connectivity index (χ1v) is 12.0. The average molecular weight is 499 g/mol. The number of Topliss-reactive ketones (excluding diaryl/α,β-unsaturated/α-hetero) is 1. The number of aryl methyl sites for hydroxylation is 1. The second kappa shape index (κ2) is 10.5. The number of nitrogens with one attached hydrogen (secondary N) is 2. The molecule has 1 amide bonds. The molecule has 182 valence electrons. The number of hydrogen-bond donors (Lipinski definition) is 2. The van der Waals surface area contributed by atoms with Gasteiger partial charge < -0.3 is 10.1 Å². The van der Waals surface area contributed by atoms with Crippen molar-refractivity contribution >= 4 is 39.1 Å². The van der Waals surface area contributed by atoms with Crippen molar-refractivity contribution in [1.82, 2.24) is 0 Å². The molecular weight excluding hydrogens is 475 g/mol. The van der Waals surface area contributed by atoms with Crippen LogP contribution in [0.25, 0.3) is 0 Å². The van der Waals surface area contributed by atoms with Crippen molar-refractivity contribution in [2.24, 2.45) is 0 Å². The van der Waals surface area contributed by atoms with Crippen LogP contribution in [-0.2, 0) is 19.6 Å². The maximum atomic E-state index is 13.1. The van der Waals surface area contributed by atoms with Gasteiger partial charge in [0.25, 0.3) is 15.9 Å². The number of esters is 1. The van der Waals surface area contributed by atoms with Crippen LogP contribution in [0.4, 0.5) is 15.8 Å². The van der Waals surface area contributed by atoms with Gasteiger partial charge in [-0.15, -0.1) is 0 Å². The number of sulfonamides is 1. The minimum absolute atomic E-state index is 0.0258. The Kier molecular flexibility index (Phi) is 7.65. The first-order chi connectivity index (χ1) is 16.5. The molecule has 8 nitrogen and oxygen atoms in total. The fourth-order valence-electron chi connectivity index (χ4n) is 2.99. The van der Waals surface area contributed by atoms with E-state index in [1.807, 2.05) is 0 Å². The van der Waals surface area contributed by atoms with Crippen LogP contribution in [0.5, 0.6) is 0 Å². The predicted molar refractivity (Wildman–Crippen MR) is 128 cm³/mol. The van der Waals surface area contributed by atoms with Crippen molar-refractivity contribution in [3.05, 3.63) is 89.2 Å². The van der Waals surface area contributed by atoms with Crippen LogP contribution < -0.4 is 10.0 Å². The highest BCUT2D eigenvalue weighted by Gasteiger charge is 2.21. The molecule has 0 aliphatic carbocycles. The molecule has 2 N–H and O–H groups in total. The number of halogens is 1. The van der Waals surface area contributed by atoms with E-state index < -0.39 is 33.8 Å². The van der Waals surface area contributed by atoms with Gasteiger partial charge in [0, 0.05) is 11.3 Å². The molecule has 0 saturated carbocycles. The van der Waals surface area contributed by atoms with Crippen molar-refractivity contribution in [3.63, 3.8) is 0 Å². The molecule has 0 heterocycles. The zero-order valence-corrected chi connectivity index (χ0v) is 20.0. The van der Waals surface area contributed by atoms with Gasteiger partial charge in [-0.2, -0.15) is 0 Å². The van der Waals surface area contributed by atoms with Gasteiger partial charge in [0.15, 0.2) is 11.9 Å². The molecule has 1 unspecified atom stereocenters. The summed E-state index contributed by atoms with van der Waals surface area (Å²) in [6.07, 6.45) is -1.16. The molecule has 3 aromatic rings. The zero-order valence-electron chi connectivity index (χ0n) is 19.2. The number of rotatable bonds is 8. The Morgan fingerprint density at radius 1 is 0.914 bits per heavy atom. The molecule has 0 aliphatic heterocycles. The first-order valence-electron chi connectivity index (χ1n) is 10.5. The number of amides is 1. The quantitative estimate of drug-likeness (QED) is 0.353. The summed E-state index contributed by atoms with van der Waals surface area (Å²) in [6, 6.07) is 14.8. The van der Waals surface area contributed by atoms with E-state index in [2.05, 4.69) is 10.0 Å². The van der Waals surface area contributed by atoms with Gasteiger partial charge in [-0.3, -0.25) is 14.3 Å². The Balaban J connectivity index is 1.69. The Hall–Kier alpha value is -4.05. The highest BCUT2D eigenvalue weighted by molar-refractivity contribution is 7.92. The monoisotopic (exact) mass is 498 g/mol. The lowest BCUT2D eigenvalue weighted by atomic mass is 10.1. The van der Waals surface area contributed by atoms with E-state index in [0.717, 1.165) is 24.3 Å². The molecule has 1 atom stereocenters. The third-order valence-electron chi connectivity index (χ3n) is 5.05. The zero-order chi connectivity index (χ0) is 25.8. The van der Waals surface area contributed by atoms with Crippen molar-refractivity contribution in [3.8, 4) is 0 Å². The summed E-state index contributed by atoms with van der Waals surface area (Å²) in [5.41, 5.74) is 1.61. The summed E-state index contributed by atoms with van der Waals surface area (Å²) >= 11 is 0. The van der Waals surface area contributed by atoms with Crippen molar-refractivity contribution < 1.29 is 31.9 Å². The molecule has 35 heavy (non-hydrogen) atoms. The van der Waals surface area contributed by atoms with Gasteiger partial charge in [-0.1, -0.05) is 6.07 Å². The van der Waals surface area contributed by atoms with E-state index in [1.54, 1.807) is 31.2 Å². The summed E-state index contributed by atoms with van der Waals surface area (Å²) < 4.78 is 46.0. The number of hydrogen-bond acceptors (Lipinski definition) is 6. The van der Waals surface area contributed by atoms with Crippen LogP contribution in [0.15, 0.2) is 71.6 Å². The third kappa shape index (κ3) is 6.51. The number of ketones is 1. The summed E-state index contributed by atoms with van der Waals surface area (Å²) in [7, 11) is -4.03. The summed E-state index contributed by atoms with van der Waals surface area (Å²) in [6.45, 7) is 4.47. The smallest absolute Gasteiger partial charge is 0.338 e. The van der Waals surface area contributed by atoms with Gasteiger partial charge in [0.05, 0.1) is 16.1 Å². The lowest BCUT2D eigenvalue weighted by Crippen LogP contribution is -2.30. The lowest BCUT2D eigenvalue weighted by molar-refractivity contribution is -0.123. The molecule has 0 bridgehead atoms. The molecule has 0 spiro atoms. The number of ether oxygens (including phenoxy) is 1. The molecule has 0 saturated heterocycles. The van der Waals surface area contributed by atoms with Crippen LogP contribution in [-0.4, -0.2) is 32.2 Å². The number of benzene rings is 3. The fourth-order valence-corrected chi connectivity index (χ4v) is 4.11. The van der Waals surface area contributed by atoms with Gasteiger partial charge >= 0.3 is 5.97 Å². The van der Waals surface area contributed by atoms with E-state index in [0.29, 0.717) is 16.8 Å². The van der Waals surface area contributed by atoms with Crippen LogP contribution in [0.1, 0.15) is 40.1 Å². The average Bonchev–Trinajstić information content (AvgIpc) is 2.80. The highest BCUT2D eigenvalue weighted by Crippen LogP contribution is 2.22. The molecule has 10 heteroatoms. The minimum atomic E-state index is -4.03. The lowest BCUT2D eigenvalue weighted by Gasteiger charge is -2.15. The molecule has 0 fully saturated rings. The Labute approximate surface area is 202 Å². The van der Waals surface area contributed by atoms with Crippen LogP contribution >= 0.6 is 0 Å². The van der Waals surface area contributed by atoms with E-state index in [-0.39, 0.29) is 21.9 Å². The first kappa shape index (κ1) is 25.6. The van der Waals surface area contributed by atoms with Crippen molar-refractivity contribution in [2.75, 3.05) is 10.0 Å². The van der Waals surface area contributed by atoms with E-state index in [4.69, 9.17) is 4.74 Å². The normalized spacial score (nSPS) is 11.9. The second-order valence-corrected chi connectivity index (χ2v) is 9.44. The Morgan fingerprint density at radius 2 is 1.51 bits per heavy atom. The highest BCUT2D eigenvalue weighted by atomic mass is 32.2. The SMILES string of the molecule is CC(=O)c1ccc(NC(=O)C(C)OC(=O)c2ccc(C)c(NS(=O)(=O)c3ccc(F)cc3)c2)cc1. The minimum Gasteiger partial charge on any atom is -0.449 e. The topological polar surface area (TPSA) is 119 Å². The molecule has 3 rings (SSSR count). The molecule has 0 aromatic heterocycles. The standard InChI is InChI=1S/C25H23FN2O6S/c1-15-4-5-19(14-23(15)28-35(32,33)22-12-8-20(26)9-13-22)25(31)34-17(3)24(30)27-21-10-6-18(7-11-21)16(2)29/h4-14,17,28H,1-3H3,(H,27,30). The summed E-state index contributed by atoms with van der Waals surface area (Å²) in [4.78, 5) is 36.2. The van der Waals surface area contributed by atoms with Crippen LogP contribution in [0.2, 0.25) is 0 Å². The molecule has 0 aliphatic rings. The van der Waals surface area contributed by atoms with Gasteiger partial charge in [0.2, 0.25) is 0 Å². The maximum Gasteiger partial charge on any atom is 0.338 e. The van der Waals surface area contributed by atoms with Gasteiger partial charge in [0.1, 0.15) is 5.82 Å². The Bertz CT molecular complexity index is 1370. The van der Waals surface area contributed by atoms with Crippen molar-refractivity contribution in [1.29, 1.82) is 0 Å². The fraction of sp³-hybridized carbons (Fsp3) is 0.160. The van der Waals surface area contributed by atoms with Crippen molar-refractivity contribution in [2.45, 2.75) is 31.8 Å².